The van der Waals surface area contributed by atoms with Crippen molar-refractivity contribution in [2.24, 2.45) is 0 Å². The van der Waals surface area contributed by atoms with Crippen molar-refractivity contribution in [3.8, 4) is 11.5 Å². The second-order valence-electron chi connectivity index (χ2n) is 4.42. The molecule has 2 rings (SSSR count). The van der Waals surface area contributed by atoms with Gasteiger partial charge in [0.05, 0.1) is 13.7 Å². The SMILES string of the molecule is COc1cc(C)ccc1OCc1ccc(CO)cc1. The van der Waals surface area contributed by atoms with Gasteiger partial charge in [-0.05, 0) is 35.7 Å². The van der Waals surface area contributed by atoms with Crippen LogP contribution in [0.15, 0.2) is 42.5 Å². The largest absolute Gasteiger partial charge is 0.493 e. The van der Waals surface area contributed by atoms with Gasteiger partial charge in [-0.1, -0.05) is 30.3 Å². The van der Waals surface area contributed by atoms with Gasteiger partial charge in [-0.25, -0.2) is 0 Å². The molecule has 0 heterocycles. The zero-order valence-electron chi connectivity index (χ0n) is 11.2. The zero-order valence-corrected chi connectivity index (χ0v) is 11.2. The minimum Gasteiger partial charge on any atom is -0.493 e. The van der Waals surface area contributed by atoms with Crippen molar-refractivity contribution >= 4 is 0 Å². The van der Waals surface area contributed by atoms with E-state index >= 15 is 0 Å². The van der Waals surface area contributed by atoms with Crippen LogP contribution in [0.25, 0.3) is 0 Å². The zero-order chi connectivity index (χ0) is 13.7. The van der Waals surface area contributed by atoms with Gasteiger partial charge in [0, 0.05) is 0 Å². The molecule has 0 saturated heterocycles. The van der Waals surface area contributed by atoms with Crippen LogP contribution >= 0.6 is 0 Å². The van der Waals surface area contributed by atoms with Gasteiger partial charge in [-0.15, -0.1) is 0 Å². The predicted octanol–water partition coefficient (Wildman–Crippen LogP) is 3.07. The molecule has 3 nitrogen and oxygen atoms in total. The molecule has 0 aliphatic carbocycles. The highest BCUT2D eigenvalue weighted by Crippen LogP contribution is 2.28. The van der Waals surface area contributed by atoms with E-state index in [1.54, 1.807) is 7.11 Å². The Labute approximate surface area is 113 Å². The summed E-state index contributed by atoms with van der Waals surface area (Å²) in [7, 11) is 1.64. The molecule has 0 aromatic heterocycles. The Bertz CT molecular complexity index is 532. The van der Waals surface area contributed by atoms with E-state index in [0.717, 1.165) is 28.2 Å². The van der Waals surface area contributed by atoms with Crippen LogP contribution in [-0.2, 0) is 13.2 Å². The first-order valence-corrected chi connectivity index (χ1v) is 6.19. The van der Waals surface area contributed by atoms with Gasteiger partial charge < -0.3 is 14.6 Å². The summed E-state index contributed by atoms with van der Waals surface area (Å²) < 4.78 is 11.0. The van der Waals surface area contributed by atoms with Gasteiger partial charge in [-0.3, -0.25) is 0 Å². The number of hydrogen-bond donors (Lipinski definition) is 1. The number of methoxy groups -OCH3 is 1. The van der Waals surface area contributed by atoms with E-state index in [9.17, 15) is 0 Å². The smallest absolute Gasteiger partial charge is 0.161 e. The molecule has 3 heteroatoms. The second kappa shape index (κ2) is 6.25. The first-order valence-electron chi connectivity index (χ1n) is 6.19. The number of rotatable bonds is 5. The van der Waals surface area contributed by atoms with E-state index in [4.69, 9.17) is 14.6 Å². The molecule has 100 valence electrons. The van der Waals surface area contributed by atoms with Crippen molar-refractivity contribution in [3.63, 3.8) is 0 Å². The molecule has 1 N–H and O–H groups in total. The molecule has 0 bridgehead atoms. The van der Waals surface area contributed by atoms with E-state index in [-0.39, 0.29) is 6.61 Å². The number of ether oxygens (including phenoxy) is 2. The summed E-state index contributed by atoms with van der Waals surface area (Å²) in [5, 5.41) is 8.98. The highest BCUT2D eigenvalue weighted by Gasteiger charge is 2.04. The maximum absolute atomic E-state index is 8.98. The van der Waals surface area contributed by atoms with Crippen molar-refractivity contribution in [1.29, 1.82) is 0 Å². The average Bonchev–Trinajstić information content (AvgIpc) is 2.46. The van der Waals surface area contributed by atoms with E-state index < -0.39 is 0 Å². The normalized spacial score (nSPS) is 10.3. The standard InChI is InChI=1S/C16H18O3/c1-12-3-8-15(16(9-12)18-2)19-11-14-6-4-13(10-17)5-7-14/h3-9,17H,10-11H2,1-2H3. The monoisotopic (exact) mass is 258 g/mol. The van der Waals surface area contributed by atoms with Crippen molar-refractivity contribution in [3.05, 3.63) is 59.2 Å². The van der Waals surface area contributed by atoms with Crippen LogP contribution in [0.5, 0.6) is 11.5 Å². The summed E-state index contributed by atoms with van der Waals surface area (Å²) in [6, 6.07) is 13.5. The number of aliphatic hydroxyl groups is 1. The highest BCUT2D eigenvalue weighted by molar-refractivity contribution is 5.42. The summed E-state index contributed by atoms with van der Waals surface area (Å²) in [5.74, 6) is 1.48. The molecule has 19 heavy (non-hydrogen) atoms. The Morgan fingerprint density at radius 1 is 0.947 bits per heavy atom. The number of aryl methyl sites for hydroxylation is 1. The lowest BCUT2D eigenvalue weighted by Crippen LogP contribution is -1.98. The fourth-order valence-corrected chi connectivity index (χ4v) is 1.80. The summed E-state index contributed by atoms with van der Waals surface area (Å²) in [5.41, 5.74) is 3.09. The fraction of sp³-hybridized carbons (Fsp3) is 0.250. The molecule has 0 amide bonds. The highest BCUT2D eigenvalue weighted by atomic mass is 16.5. The summed E-state index contributed by atoms with van der Waals surface area (Å²) in [4.78, 5) is 0. The minimum atomic E-state index is 0.0624. The lowest BCUT2D eigenvalue weighted by molar-refractivity contribution is 0.279. The molecule has 2 aromatic carbocycles. The van der Waals surface area contributed by atoms with Crippen molar-refractivity contribution in [2.45, 2.75) is 20.1 Å². The quantitative estimate of drug-likeness (QED) is 0.895. The van der Waals surface area contributed by atoms with Gasteiger partial charge >= 0.3 is 0 Å². The predicted molar refractivity (Wildman–Crippen MR) is 74.4 cm³/mol. The van der Waals surface area contributed by atoms with Gasteiger partial charge in [0.15, 0.2) is 11.5 Å². The molecule has 0 atom stereocenters. The van der Waals surface area contributed by atoms with E-state index in [0.29, 0.717) is 6.61 Å². The van der Waals surface area contributed by atoms with E-state index in [1.165, 1.54) is 0 Å². The number of aliphatic hydroxyl groups excluding tert-OH is 1. The van der Waals surface area contributed by atoms with Gasteiger partial charge in [0.25, 0.3) is 0 Å². The van der Waals surface area contributed by atoms with Gasteiger partial charge in [-0.2, -0.15) is 0 Å². The first-order chi connectivity index (χ1) is 9.22. The third-order valence-corrected chi connectivity index (χ3v) is 2.92. The summed E-state index contributed by atoms with van der Waals surface area (Å²) in [6.07, 6.45) is 0. The van der Waals surface area contributed by atoms with Crippen LogP contribution in [-0.4, -0.2) is 12.2 Å². The minimum absolute atomic E-state index is 0.0624. The molecule has 0 saturated carbocycles. The molecular weight excluding hydrogens is 240 g/mol. The van der Waals surface area contributed by atoms with Gasteiger partial charge in [0.2, 0.25) is 0 Å². The van der Waals surface area contributed by atoms with Crippen LogP contribution in [0.1, 0.15) is 16.7 Å². The van der Waals surface area contributed by atoms with E-state index in [1.807, 2.05) is 49.4 Å². The summed E-state index contributed by atoms with van der Waals surface area (Å²) in [6.45, 7) is 2.55. The third-order valence-electron chi connectivity index (χ3n) is 2.92. The topological polar surface area (TPSA) is 38.7 Å². The second-order valence-corrected chi connectivity index (χ2v) is 4.42. The molecule has 0 radical (unpaired) electrons. The number of benzene rings is 2. The van der Waals surface area contributed by atoms with Gasteiger partial charge in [0.1, 0.15) is 6.61 Å². The van der Waals surface area contributed by atoms with Crippen LogP contribution in [0.2, 0.25) is 0 Å². The molecule has 0 spiro atoms. The van der Waals surface area contributed by atoms with Crippen molar-refractivity contribution in [2.75, 3.05) is 7.11 Å². The molecule has 0 unspecified atom stereocenters. The first kappa shape index (κ1) is 13.4. The molecule has 0 fully saturated rings. The van der Waals surface area contributed by atoms with Crippen LogP contribution < -0.4 is 9.47 Å². The third kappa shape index (κ3) is 3.48. The fourth-order valence-electron chi connectivity index (χ4n) is 1.80. The Kier molecular flexibility index (Phi) is 4.42. The van der Waals surface area contributed by atoms with E-state index in [2.05, 4.69) is 0 Å². The Morgan fingerprint density at radius 3 is 2.26 bits per heavy atom. The number of hydrogen-bond acceptors (Lipinski definition) is 3. The Balaban J connectivity index is 2.05. The Hall–Kier alpha value is -2.00. The molecule has 2 aromatic rings. The lowest BCUT2D eigenvalue weighted by Gasteiger charge is -2.11. The molecule has 0 aliphatic rings. The van der Waals surface area contributed by atoms with Crippen molar-refractivity contribution < 1.29 is 14.6 Å². The maximum atomic E-state index is 8.98. The van der Waals surface area contributed by atoms with Crippen molar-refractivity contribution in [1.82, 2.24) is 0 Å². The van der Waals surface area contributed by atoms with Crippen LogP contribution in [0.3, 0.4) is 0 Å². The van der Waals surface area contributed by atoms with Crippen LogP contribution in [0, 0.1) is 6.92 Å². The lowest BCUT2D eigenvalue weighted by atomic mass is 10.1. The average molecular weight is 258 g/mol. The molecular formula is C16H18O3. The summed E-state index contributed by atoms with van der Waals surface area (Å²) >= 11 is 0. The van der Waals surface area contributed by atoms with Crippen LogP contribution in [0.4, 0.5) is 0 Å². The maximum Gasteiger partial charge on any atom is 0.161 e. The molecule has 0 aliphatic heterocycles. The Morgan fingerprint density at radius 2 is 1.63 bits per heavy atom.